The Morgan fingerprint density at radius 3 is 2.60 bits per heavy atom. The van der Waals surface area contributed by atoms with Crippen LogP contribution in [0.1, 0.15) is 24.8 Å². The molecule has 80 valence electrons. The first-order chi connectivity index (χ1) is 7.43. The van der Waals surface area contributed by atoms with Crippen molar-refractivity contribution in [3.8, 4) is 12.3 Å². The molecule has 0 atom stereocenters. The van der Waals surface area contributed by atoms with Gasteiger partial charge in [0.25, 0.3) is 0 Å². The third kappa shape index (κ3) is 5.93. The van der Waals surface area contributed by atoms with E-state index in [2.05, 4.69) is 41.6 Å². The molecule has 1 aromatic rings. The topological polar surface area (TPSA) is 12.0 Å². The van der Waals surface area contributed by atoms with Crippen LogP contribution in [0.5, 0.6) is 0 Å². The molecule has 0 saturated heterocycles. The number of hydrogen-bond acceptors (Lipinski definition) is 1. The van der Waals surface area contributed by atoms with Gasteiger partial charge < -0.3 is 5.32 Å². The van der Waals surface area contributed by atoms with Gasteiger partial charge in [-0.05, 0) is 37.9 Å². The summed E-state index contributed by atoms with van der Waals surface area (Å²) in [5.74, 6) is 2.66. The Balaban J connectivity index is 1.96. The molecule has 0 aliphatic rings. The number of rotatable bonds is 7. The highest BCUT2D eigenvalue weighted by molar-refractivity contribution is 5.14. The lowest BCUT2D eigenvalue weighted by Gasteiger charge is -2.03. The second kappa shape index (κ2) is 8.08. The van der Waals surface area contributed by atoms with Crippen LogP contribution in [-0.4, -0.2) is 13.1 Å². The Morgan fingerprint density at radius 1 is 1.07 bits per heavy atom. The SMILES string of the molecule is C#CCCCCNCCc1ccccc1. The van der Waals surface area contributed by atoms with Crippen molar-refractivity contribution in [2.45, 2.75) is 25.7 Å². The number of benzene rings is 1. The Labute approximate surface area is 92.9 Å². The fourth-order valence-corrected chi connectivity index (χ4v) is 1.48. The molecule has 15 heavy (non-hydrogen) atoms. The minimum atomic E-state index is 0.903. The van der Waals surface area contributed by atoms with Crippen LogP contribution in [0.2, 0.25) is 0 Å². The van der Waals surface area contributed by atoms with Gasteiger partial charge in [-0.1, -0.05) is 30.3 Å². The zero-order valence-electron chi connectivity index (χ0n) is 9.21. The predicted octanol–water partition coefficient (Wildman–Crippen LogP) is 2.62. The molecule has 0 spiro atoms. The summed E-state index contributed by atoms with van der Waals surface area (Å²) in [6, 6.07) is 10.6. The molecule has 0 radical (unpaired) electrons. The van der Waals surface area contributed by atoms with E-state index in [4.69, 9.17) is 6.42 Å². The van der Waals surface area contributed by atoms with Crippen LogP contribution in [-0.2, 0) is 6.42 Å². The van der Waals surface area contributed by atoms with Gasteiger partial charge in [-0.25, -0.2) is 0 Å². The molecule has 1 N–H and O–H groups in total. The van der Waals surface area contributed by atoms with Crippen LogP contribution in [0.15, 0.2) is 30.3 Å². The van der Waals surface area contributed by atoms with E-state index in [-0.39, 0.29) is 0 Å². The van der Waals surface area contributed by atoms with E-state index in [1.807, 2.05) is 0 Å². The van der Waals surface area contributed by atoms with E-state index in [0.717, 1.165) is 32.4 Å². The molecular weight excluding hydrogens is 182 g/mol. The van der Waals surface area contributed by atoms with Gasteiger partial charge in [0.2, 0.25) is 0 Å². The summed E-state index contributed by atoms with van der Waals surface area (Å²) in [6.45, 7) is 2.13. The molecule has 0 fully saturated rings. The Hall–Kier alpha value is -1.26. The second-order valence-corrected chi connectivity index (χ2v) is 3.65. The maximum atomic E-state index is 5.18. The molecular formula is C14H19N. The monoisotopic (exact) mass is 201 g/mol. The van der Waals surface area contributed by atoms with Gasteiger partial charge in [-0.15, -0.1) is 12.3 Å². The molecule has 1 nitrogen and oxygen atoms in total. The van der Waals surface area contributed by atoms with Crippen LogP contribution >= 0.6 is 0 Å². The summed E-state index contributed by atoms with van der Waals surface area (Å²) in [4.78, 5) is 0. The van der Waals surface area contributed by atoms with Crippen molar-refractivity contribution in [3.63, 3.8) is 0 Å². The predicted molar refractivity (Wildman–Crippen MR) is 65.7 cm³/mol. The first-order valence-electron chi connectivity index (χ1n) is 5.61. The standard InChI is InChI=1S/C14H19N/c1-2-3-4-8-12-15-13-11-14-9-6-5-7-10-14/h1,5-7,9-10,15H,3-4,8,11-13H2. The highest BCUT2D eigenvalue weighted by Crippen LogP contribution is 1.98. The summed E-state index contributed by atoms with van der Waals surface area (Å²) >= 11 is 0. The van der Waals surface area contributed by atoms with Gasteiger partial charge in [0.05, 0.1) is 0 Å². The molecule has 0 aliphatic carbocycles. The molecule has 1 rings (SSSR count). The second-order valence-electron chi connectivity index (χ2n) is 3.65. The lowest BCUT2D eigenvalue weighted by molar-refractivity contribution is 0.629. The molecule has 1 aromatic carbocycles. The summed E-state index contributed by atoms with van der Waals surface area (Å²) in [6.07, 6.45) is 9.50. The molecule has 0 unspecified atom stereocenters. The van der Waals surface area contributed by atoms with E-state index in [9.17, 15) is 0 Å². The molecule has 0 amide bonds. The fourth-order valence-electron chi connectivity index (χ4n) is 1.48. The van der Waals surface area contributed by atoms with Gasteiger partial charge in [-0.3, -0.25) is 0 Å². The van der Waals surface area contributed by atoms with Gasteiger partial charge in [0.15, 0.2) is 0 Å². The van der Waals surface area contributed by atoms with Gasteiger partial charge in [0, 0.05) is 6.42 Å². The zero-order valence-corrected chi connectivity index (χ0v) is 9.21. The summed E-state index contributed by atoms with van der Waals surface area (Å²) in [5, 5.41) is 3.42. The van der Waals surface area contributed by atoms with Crippen molar-refractivity contribution in [1.29, 1.82) is 0 Å². The van der Waals surface area contributed by atoms with Crippen molar-refractivity contribution >= 4 is 0 Å². The zero-order chi connectivity index (χ0) is 10.8. The van der Waals surface area contributed by atoms with Crippen LogP contribution in [0, 0.1) is 12.3 Å². The Bertz CT molecular complexity index is 284. The summed E-state index contributed by atoms with van der Waals surface area (Å²) in [7, 11) is 0. The van der Waals surface area contributed by atoms with E-state index in [1.165, 1.54) is 12.0 Å². The third-order valence-electron chi connectivity index (χ3n) is 2.36. The first-order valence-corrected chi connectivity index (χ1v) is 5.61. The largest absolute Gasteiger partial charge is 0.316 e. The summed E-state index contributed by atoms with van der Waals surface area (Å²) < 4.78 is 0. The highest BCUT2D eigenvalue weighted by Gasteiger charge is 1.91. The summed E-state index contributed by atoms with van der Waals surface area (Å²) in [5.41, 5.74) is 1.40. The normalized spacial score (nSPS) is 9.80. The average Bonchev–Trinajstić information content (AvgIpc) is 2.29. The lowest BCUT2D eigenvalue weighted by atomic mass is 10.1. The highest BCUT2D eigenvalue weighted by atomic mass is 14.8. The maximum absolute atomic E-state index is 5.18. The smallest absolute Gasteiger partial charge is 0.00865 e. The molecule has 0 saturated carbocycles. The molecule has 0 heterocycles. The molecule has 0 aliphatic heterocycles. The molecule has 0 bridgehead atoms. The number of terminal acetylenes is 1. The van der Waals surface area contributed by atoms with Crippen LogP contribution in [0.4, 0.5) is 0 Å². The van der Waals surface area contributed by atoms with Crippen molar-refractivity contribution in [1.82, 2.24) is 5.32 Å². The van der Waals surface area contributed by atoms with Gasteiger partial charge >= 0.3 is 0 Å². The first kappa shape index (κ1) is 11.8. The third-order valence-corrected chi connectivity index (χ3v) is 2.36. The average molecular weight is 201 g/mol. The van der Waals surface area contributed by atoms with Crippen LogP contribution in [0.3, 0.4) is 0 Å². The van der Waals surface area contributed by atoms with Crippen molar-refractivity contribution in [3.05, 3.63) is 35.9 Å². The van der Waals surface area contributed by atoms with Crippen LogP contribution < -0.4 is 5.32 Å². The lowest BCUT2D eigenvalue weighted by Crippen LogP contribution is -2.18. The molecule has 0 aromatic heterocycles. The van der Waals surface area contributed by atoms with E-state index in [0.29, 0.717) is 0 Å². The van der Waals surface area contributed by atoms with E-state index < -0.39 is 0 Å². The van der Waals surface area contributed by atoms with Crippen LogP contribution in [0.25, 0.3) is 0 Å². The fraction of sp³-hybridized carbons (Fsp3) is 0.429. The van der Waals surface area contributed by atoms with Crippen molar-refractivity contribution in [2.24, 2.45) is 0 Å². The number of nitrogens with one attached hydrogen (secondary N) is 1. The Kier molecular flexibility index (Phi) is 6.36. The number of unbranched alkanes of at least 4 members (excludes halogenated alkanes) is 2. The quantitative estimate of drug-likeness (QED) is 0.528. The minimum absolute atomic E-state index is 0.903. The van der Waals surface area contributed by atoms with Gasteiger partial charge in [0.1, 0.15) is 0 Å². The van der Waals surface area contributed by atoms with Crippen molar-refractivity contribution in [2.75, 3.05) is 13.1 Å². The van der Waals surface area contributed by atoms with Crippen molar-refractivity contribution < 1.29 is 0 Å². The molecule has 1 heteroatoms. The van der Waals surface area contributed by atoms with E-state index in [1.54, 1.807) is 0 Å². The number of hydrogen-bond donors (Lipinski definition) is 1. The van der Waals surface area contributed by atoms with Gasteiger partial charge in [-0.2, -0.15) is 0 Å². The minimum Gasteiger partial charge on any atom is -0.316 e. The maximum Gasteiger partial charge on any atom is 0.00865 e. The Morgan fingerprint density at radius 2 is 1.87 bits per heavy atom. The van der Waals surface area contributed by atoms with E-state index >= 15 is 0 Å².